The number of phosphoric ester groups is 1. The van der Waals surface area contributed by atoms with Gasteiger partial charge in [0.25, 0.3) is 0 Å². The van der Waals surface area contributed by atoms with Gasteiger partial charge in [0.15, 0.2) is 6.10 Å². The zero-order chi connectivity index (χ0) is 31.9. The molecule has 0 aromatic carbocycles. The van der Waals surface area contributed by atoms with Gasteiger partial charge in [-0.3, -0.25) is 18.6 Å². The molecule has 0 aliphatic rings. The van der Waals surface area contributed by atoms with E-state index in [0.717, 1.165) is 97.0 Å². The van der Waals surface area contributed by atoms with Gasteiger partial charge in [-0.25, -0.2) is 4.57 Å². The van der Waals surface area contributed by atoms with Crippen molar-refractivity contribution in [1.82, 2.24) is 0 Å². The van der Waals surface area contributed by atoms with Crippen molar-refractivity contribution in [2.24, 2.45) is 0 Å². The quantitative estimate of drug-likeness (QED) is 0.0362. The first kappa shape index (κ1) is 41.3. The van der Waals surface area contributed by atoms with Crippen LogP contribution in [0.15, 0.2) is 36.5 Å². The summed E-state index contributed by atoms with van der Waals surface area (Å²) in [6, 6.07) is 0. The molecule has 0 aromatic heterocycles. The maximum Gasteiger partial charge on any atom is 0.472 e. The van der Waals surface area contributed by atoms with Gasteiger partial charge >= 0.3 is 19.8 Å². The van der Waals surface area contributed by atoms with Crippen molar-refractivity contribution in [2.45, 2.75) is 148 Å². The van der Waals surface area contributed by atoms with Crippen LogP contribution in [0.2, 0.25) is 0 Å². The second kappa shape index (κ2) is 30.3. The van der Waals surface area contributed by atoms with Crippen LogP contribution < -0.4 is 0 Å². The number of hydrogen-bond donors (Lipinski definition) is 1. The summed E-state index contributed by atoms with van der Waals surface area (Å²) in [5.74, 6) is -0.837. The van der Waals surface area contributed by atoms with Crippen molar-refractivity contribution in [1.29, 1.82) is 0 Å². The largest absolute Gasteiger partial charge is 0.472 e. The van der Waals surface area contributed by atoms with Gasteiger partial charge in [0, 0.05) is 20.0 Å². The highest BCUT2D eigenvalue weighted by Gasteiger charge is 2.24. The Balaban J connectivity index is 4.17. The molecule has 250 valence electrons. The summed E-state index contributed by atoms with van der Waals surface area (Å²) in [5, 5.41) is 0. The molecule has 0 bridgehead atoms. The highest BCUT2D eigenvalue weighted by atomic mass is 31.2. The first-order valence-electron chi connectivity index (χ1n) is 16.7. The smallest absolute Gasteiger partial charge is 0.462 e. The van der Waals surface area contributed by atoms with Crippen LogP contribution >= 0.6 is 7.82 Å². The molecule has 43 heavy (non-hydrogen) atoms. The highest BCUT2D eigenvalue weighted by Crippen LogP contribution is 2.42. The van der Waals surface area contributed by atoms with Crippen LogP contribution in [-0.2, 0) is 32.7 Å². The average molecular weight is 629 g/mol. The fourth-order valence-electron chi connectivity index (χ4n) is 4.20. The lowest BCUT2D eigenvalue weighted by Crippen LogP contribution is -2.29. The number of allylic oxidation sites excluding steroid dienone is 6. The van der Waals surface area contributed by atoms with Gasteiger partial charge in [0.05, 0.1) is 6.61 Å². The Morgan fingerprint density at radius 1 is 0.651 bits per heavy atom. The Morgan fingerprint density at radius 3 is 1.74 bits per heavy atom. The van der Waals surface area contributed by atoms with Crippen molar-refractivity contribution in [3.05, 3.63) is 36.5 Å². The van der Waals surface area contributed by atoms with Crippen LogP contribution in [0.5, 0.6) is 0 Å². The van der Waals surface area contributed by atoms with E-state index in [2.05, 4.69) is 54.8 Å². The Morgan fingerprint density at radius 2 is 1.16 bits per heavy atom. The third kappa shape index (κ3) is 30.1. The van der Waals surface area contributed by atoms with E-state index in [0.29, 0.717) is 6.42 Å². The fraction of sp³-hybridized carbons (Fsp3) is 0.765. The maximum atomic E-state index is 12.4. The number of ether oxygens (including phenoxy) is 2. The number of esters is 2. The fourth-order valence-corrected chi connectivity index (χ4v) is 4.66. The van der Waals surface area contributed by atoms with Crippen LogP contribution in [0.25, 0.3) is 0 Å². The third-order valence-corrected chi connectivity index (χ3v) is 7.77. The van der Waals surface area contributed by atoms with Crippen LogP contribution in [0.4, 0.5) is 0 Å². The SMILES string of the molecule is CCC/C=C\C/C=C\CCCCCCCC(=O)OC(COC(=O)CCCCCCC/C=C\CCCC)COP(=O)(O)OC. The standard InChI is InChI=1S/C34H61O8P/c1-4-6-8-10-12-14-16-17-19-21-23-25-27-29-34(36)42-32(31-41-43(37,38)39-3)30-40-33(35)28-26-24-22-20-18-15-13-11-9-7-5-2/h8,10-11,13-14,16,32H,4-7,9,12,15,17-31H2,1-3H3,(H,37,38)/b10-8-,13-11-,16-14-. The molecule has 2 atom stereocenters. The Bertz CT molecular complexity index is 808. The maximum absolute atomic E-state index is 12.4. The van der Waals surface area contributed by atoms with Crippen molar-refractivity contribution in [3.8, 4) is 0 Å². The molecular weight excluding hydrogens is 567 g/mol. The number of carbonyl (C=O) groups is 2. The lowest BCUT2D eigenvalue weighted by Gasteiger charge is -2.19. The lowest BCUT2D eigenvalue weighted by molar-refractivity contribution is -0.161. The van der Waals surface area contributed by atoms with Crippen LogP contribution in [-0.4, -0.2) is 43.3 Å². The third-order valence-electron chi connectivity index (χ3n) is 6.84. The molecule has 0 aromatic rings. The van der Waals surface area contributed by atoms with Crippen LogP contribution in [0, 0.1) is 0 Å². The van der Waals surface area contributed by atoms with Crippen molar-refractivity contribution >= 4 is 19.8 Å². The minimum absolute atomic E-state index is 0.226. The van der Waals surface area contributed by atoms with Crippen molar-refractivity contribution in [3.63, 3.8) is 0 Å². The summed E-state index contributed by atoms with van der Waals surface area (Å²) in [7, 11) is -3.20. The Labute approximate surface area is 262 Å². The molecular formula is C34H61O8P. The molecule has 0 rings (SSSR count). The molecule has 8 nitrogen and oxygen atoms in total. The highest BCUT2D eigenvalue weighted by molar-refractivity contribution is 7.47. The molecule has 0 aliphatic carbocycles. The van der Waals surface area contributed by atoms with Gasteiger partial charge in [0.1, 0.15) is 6.61 Å². The van der Waals surface area contributed by atoms with E-state index in [4.69, 9.17) is 14.0 Å². The molecule has 0 amide bonds. The number of hydrogen-bond acceptors (Lipinski definition) is 7. The normalized spacial score (nSPS) is 14.0. The van der Waals surface area contributed by atoms with E-state index in [1.807, 2.05) is 0 Å². The molecule has 2 unspecified atom stereocenters. The molecule has 0 heterocycles. The zero-order valence-corrected chi connectivity index (χ0v) is 28.2. The molecule has 0 aliphatic heterocycles. The Hall–Kier alpha value is -1.73. The molecule has 0 spiro atoms. The number of rotatable bonds is 30. The lowest BCUT2D eigenvalue weighted by atomic mass is 10.1. The average Bonchev–Trinajstić information content (AvgIpc) is 2.99. The van der Waals surface area contributed by atoms with Gasteiger partial charge in [-0.1, -0.05) is 108 Å². The number of unbranched alkanes of at least 4 members (excludes halogenated alkanes) is 13. The van der Waals surface area contributed by atoms with Crippen molar-refractivity contribution < 1.29 is 37.6 Å². The predicted octanol–water partition coefficient (Wildman–Crippen LogP) is 9.72. The summed E-state index contributed by atoms with van der Waals surface area (Å²) in [5.41, 5.74) is 0. The van der Waals surface area contributed by atoms with E-state index < -0.39 is 26.5 Å². The van der Waals surface area contributed by atoms with E-state index in [9.17, 15) is 19.0 Å². The van der Waals surface area contributed by atoms with E-state index in [1.165, 1.54) is 19.3 Å². The molecule has 1 N–H and O–H groups in total. The second-order valence-corrected chi connectivity index (χ2v) is 12.5. The molecule has 0 radical (unpaired) electrons. The number of phosphoric acid groups is 1. The molecule has 0 saturated heterocycles. The summed E-state index contributed by atoms with van der Waals surface area (Å²) in [6.45, 7) is 3.73. The van der Waals surface area contributed by atoms with Crippen LogP contribution in [0.1, 0.15) is 142 Å². The summed E-state index contributed by atoms with van der Waals surface area (Å²) < 4.78 is 31.7. The molecule has 0 fully saturated rings. The van der Waals surface area contributed by atoms with Gasteiger partial charge in [0.2, 0.25) is 0 Å². The summed E-state index contributed by atoms with van der Waals surface area (Å²) >= 11 is 0. The first-order valence-corrected chi connectivity index (χ1v) is 18.2. The van der Waals surface area contributed by atoms with Gasteiger partial charge in [-0.15, -0.1) is 0 Å². The predicted molar refractivity (Wildman–Crippen MR) is 175 cm³/mol. The van der Waals surface area contributed by atoms with Crippen molar-refractivity contribution in [2.75, 3.05) is 20.3 Å². The van der Waals surface area contributed by atoms with Gasteiger partial charge in [-0.2, -0.15) is 0 Å². The van der Waals surface area contributed by atoms with Crippen LogP contribution in [0.3, 0.4) is 0 Å². The van der Waals surface area contributed by atoms with Gasteiger partial charge < -0.3 is 14.4 Å². The summed E-state index contributed by atoms with van der Waals surface area (Å²) in [6.07, 6.45) is 32.0. The minimum Gasteiger partial charge on any atom is -0.462 e. The van der Waals surface area contributed by atoms with E-state index >= 15 is 0 Å². The topological polar surface area (TPSA) is 108 Å². The zero-order valence-electron chi connectivity index (χ0n) is 27.3. The van der Waals surface area contributed by atoms with E-state index in [1.54, 1.807) is 0 Å². The Kier molecular flexibility index (Phi) is 29.1. The monoisotopic (exact) mass is 628 g/mol. The first-order chi connectivity index (χ1) is 20.8. The summed E-state index contributed by atoms with van der Waals surface area (Å²) in [4.78, 5) is 34.1. The number of carbonyl (C=O) groups excluding carboxylic acids is 2. The van der Waals surface area contributed by atoms with Gasteiger partial charge in [-0.05, 0) is 57.8 Å². The van der Waals surface area contributed by atoms with E-state index in [-0.39, 0.29) is 25.4 Å². The molecule has 9 heteroatoms. The molecule has 0 saturated carbocycles. The minimum atomic E-state index is -4.25. The second-order valence-electron chi connectivity index (χ2n) is 10.9.